The zero-order valence-corrected chi connectivity index (χ0v) is 8.61. The molecule has 0 heterocycles. The van der Waals surface area contributed by atoms with Crippen molar-refractivity contribution in [2.24, 2.45) is 0 Å². The van der Waals surface area contributed by atoms with Gasteiger partial charge in [-0.2, -0.15) is 0 Å². The Labute approximate surface area is 79.9 Å². The smallest absolute Gasteiger partial charge is 0.179 e. The lowest BCUT2D eigenvalue weighted by atomic mass is 10.3. The molecule has 0 aliphatic heterocycles. The Balaban J connectivity index is 3.28. The van der Waals surface area contributed by atoms with Crippen molar-refractivity contribution in [1.82, 2.24) is 0 Å². The van der Waals surface area contributed by atoms with Gasteiger partial charge in [0.25, 0.3) is 0 Å². The van der Waals surface area contributed by atoms with Gasteiger partial charge in [-0.3, -0.25) is 0 Å². The standard InChI is InChI=1S/C8H8ClO2Si/c1-10-7-5(9)3-4-6(12)8(7)11-2/h3-4H,1-2H3. The zero-order valence-electron chi connectivity index (χ0n) is 6.85. The molecule has 0 N–H and O–H groups in total. The molecule has 0 unspecified atom stereocenters. The Morgan fingerprint density at radius 2 is 1.75 bits per heavy atom. The van der Waals surface area contributed by atoms with Crippen LogP contribution >= 0.6 is 11.6 Å². The molecule has 1 aromatic carbocycles. The number of rotatable bonds is 2. The highest BCUT2D eigenvalue weighted by molar-refractivity contribution is 6.37. The van der Waals surface area contributed by atoms with Crippen LogP contribution in [-0.2, 0) is 0 Å². The van der Waals surface area contributed by atoms with E-state index in [0.717, 1.165) is 5.19 Å². The molecule has 0 aromatic heterocycles. The van der Waals surface area contributed by atoms with E-state index in [1.807, 2.05) is 0 Å². The molecule has 0 spiro atoms. The number of hydrogen-bond donors (Lipinski definition) is 0. The van der Waals surface area contributed by atoms with Gasteiger partial charge in [0.1, 0.15) is 0 Å². The van der Waals surface area contributed by atoms with Crippen LogP contribution in [-0.4, -0.2) is 24.5 Å². The molecule has 63 valence electrons. The fraction of sp³-hybridized carbons (Fsp3) is 0.250. The van der Waals surface area contributed by atoms with Crippen molar-refractivity contribution in [3.8, 4) is 11.5 Å². The fourth-order valence-electron chi connectivity index (χ4n) is 0.931. The highest BCUT2D eigenvalue weighted by atomic mass is 35.5. The molecule has 0 aliphatic carbocycles. The van der Waals surface area contributed by atoms with Gasteiger partial charge in [-0.15, -0.1) is 0 Å². The number of hydrogen-bond acceptors (Lipinski definition) is 2. The SMILES string of the molecule is COc1c([Si])ccc(Cl)c1OC. The van der Waals surface area contributed by atoms with Crippen LogP contribution in [0.1, 0.15) is 0 Å². The summed E-state index contributed by atoms with van der Waals surface area (Å²) >= 11 is 5.85. The lowest BCUT2D eigenvalue weighted by molar-refractivity contribution is 0.357. The van der Waals surface area contributed by atoms with E-state index >= 15 is 0 Å². The van der Waals surface area contributed by atoms with Crippen molar-refractivity contribution in [2.75, 3.05) is 14.2 Å². The third kappa shape index (κ3) is 1.57. The molecule has 12 heavy (non-hydrogen) atoms. The van der Waals surface area contributed by atoms with Gasteiger partial charge in [-0.05, 0) is 11.3 Å². The summed E-state index contributed by atoms with van der Waals surface area (Å²) in [5, 5.41) is 1.36. The molecule has 1 rings (SSSR count). The third-order valence-corrected chi connectivity index (χ3v) is 2.16. The summed E-state index contributed by atoms with van der Waals surface area (Å²) in [5.41, 5.74) is 0. The van der Waals surface area contributed by atoms with Crippen molar-refractivity contribution >= 4 is 27.0 Å². The molecule has 0 fully saturated rings. The average molecular weight is 200 g/mol. The Bertz CT molecular complexity index is 260. The molecule has 1 aromatic rings. The summed E-state index contributed by atoms with van der Waals surface area (Å²) < 4.78 is 10.1. The Morgan fingerprint density at radius 1 is 1.17 bits per heavy atom. The fourth-order valence-corrected chi connectivity index (χ4v) is 1.46. The van der Waals surface area contributed by atoms with Crippen molar-refractivity contribution < 1.29 is 9.47 Å². The van der Waals surface area contributed by atoms with E-state index in [4.69, 9.17) is 21.1 Å². The molecular weight excluding hydrogens is 192 g/mol. The van der Waals surface area contributed by atoms with E-state index in [1.165, 1.54) is 0 Å². The van der Waals surface area contributed by atoms with Gasteiger partial charge in [0, 0.05) is 0 Å². The monoisotopic (exact) mass is 199 g/mol. The summed E-state index contributed by atoms with van der Waals surface area (Å²) in [5.74, 6) is 1.16. The van der Waals surface area contributed by atoms with Crippen LogP contribution in [0.5, 0.6) is 11.5 Å². The molecule has 0 saturated carbocycles. The minimum absolute atomic E-state index is 0.538. The van der Waals surface area contributed by atoms with Gasteiger partial charge in [0.2, 0.25) is 0 Å². The summed E-state index contributed by atoms with van der Waals surface area (Å²) in [6.07, 6.45) is 0. The predicted molar refractivity (Wildman–Crippen MR) is 49.9 cm³/mol. The van der Waals surface area contributed by atoms with Gasteiger partial charge in [0.05, 0.1) is 29.5 Å². The van der Waals surface area contributed by atoms with E-state index in [9.17, 15) is 0 Å². The minimum atomic E-state index is 0.538. The van der Waals surface area contributed by atoms with Crippen molar-refractivity contribution in [1.29, 1.82) is 0 Å². The minimum Gasteiger partial charge on any atom is -0.493 e. The molecule has 0 saturated heterocycles. The normalized spacial score (nSPS) is 9.67. The van der Waals surface area contributed by atoms with Gasteiger partial charge in [-0.1, -0.05) is 17.7 Å². The Morgan fingerprint density at radius 3 is 2.17 bits per heavy atom. The van der Waals surface area contributed by atoms with Crippen LogP contribution in [0, 0.1) is 0 Å². The van der Waals surface area contributed by atoms with Crippen LogP contribution < -0.4 is 14.7 Å². The molecule has 0 atom stereocenters. The Kier molecular flexibility index (Phi) is 3.00. The van der Waals surface area contributed by atoms with E-state index in [0.29, 0.717) is 16.5 Å². The molecule has 4 heteroatoms. The first-order chi connectivity index (χ1) is 5.70. The first-order valence-corrected chi connectivity index (χ1v) is 4.20. The maximum Gasteiger partial charge on any atom is 0.179 e. The van der Waals surface area contributed by atoms with E-state index < -0.39 is 0 Å². The van der Waals surface area contributed by atoms with Gasteiger partial charge >= 0.3 is 0 Å². The molecule has 0 aliphatic rings. The lowest BCUT2D eigenvalue weighted by Gasteiger charge is -2.10. The summed E-state index contributed by atoms with van der Waals surface area (Å²) in [6, 6.07) is 3.55. The topological polar surface area (TPSA) is 18.5 Å². The van der Waals surface area contributed by atoms with Crippen LogP contribution in [0.3, 0.4) is 0 Å². The molecule has 2 nitrogen and oxygen atoms in total. The third-order valence-electron chi connectivity index (χ3n) is 1.47. The Hall–Kier alpha value is -0.673. The van der Waals surface area contributed by atoms with Crippen LogP contribution in [0.25, 0.3) is 0 Å². The summed E-state index contributed by atoms with van der Waals surface area (Å²) in [4.78, 5) is 0. The second-order valence-corrected chi connectivity index (χ2v) is 3.11. The lowest BCUT2D eigenvalue weighted by Crippen LogP contribution is -2.08. The van der Waals surface area contributed by atoms with Gasteiger partial charge in [-0.25, -0.2) is 0 Å². The number of methoxy groups -OCH3 is 2. The van der Waals surface area contributed by atoms with Gasteiger partial charge in [0.15, 0.2) is 11.5 Å². The zero-order chi connectivity index (χ0) is 9.14. The average Bonchev–Trinajstić information content (AvgIpc) is 2.08. The molecular formula is C8H8ClO2Si. The predicted octanol–water partition coefficient (Wildman–Crippen LogP) is 1.15. The number of halogens is 1. The molecule has 0 bridgehead atoms. The highest BCUT2D eigenvalue weighted by Crippen LogP contribution is 2.32. The van der Waals surface area contributed by atoms with Crippen LogP contribution in [0.2, 0.25) is 5.02 Å². The first-order valence-electron chi connectivity index (χ1n) is 3.32. The largest absolute Gasteiger partial charge is 0.493 e. The van der Waals surface area contributed by atoms with E-state index in [-0.39, 0.29) is 0 Å². The van der Waals surface area contributed by atoms with Crippen molar-refractivity contribution in [3.05, 3.63) is 17.2 Å². The van der Waals surface area contributed by atoms with Crippen LogP contribution in [0.15, 0.2) is 12.1 Å². The molecule has 3 radical (unpaired) electrons. The van der Waals surface area contributed by atoms with E-state index in [2.05, 4.69) is 10.2 Å². The number of benzene rings is 1. The van der Waals surface area contributed by atoms with E-state index in [1.54, 1.807) is 26.4 Å². The second kappa shape index (κ2) is 3.82. The second-order valence-electron chi connectivity index (χ2n) is 2.16. The maximum atomic E-state index is 5.85. The van der Waals surface area contributed by atoms with Crippen LogP contribution in [0.4, 0.5) is 0 Å². The quantitative estimate of drug-likeness (QED) is 0.666. The number of ether oxygens (including phenoxy) is 2. The summed E-state index contributed by atoms with van der Waals surface area (Å²) in [7, 11) is 6.49. The highest BCUT2D eigenvalue weighted by Gasteiger charge is 2.10. The maximum absolute atomic E-state index is 5.85. The van der Waals surface area contributed by atoms with Gasteiger partial charge < -0.3 is 9.47 Å². The molecule has 0 amide bonds. The summed E-state index contributed by atoms with van der Waals surface area (Å²) in [6.45, 7) is 0. The van der Waals surface area contributed by atoms with Crippen molar-refractivity contribution in [2.45, 2.75) is 0 Å². The van der Waals surface area contributed by atoms with Crippen molar-refractivity contribution in [3.63, 3.8) is 0 Å². The first kappa shape index (κ1) is 9.42.